The van der Waals surface area contributed by atoms with Gasteiger partial charge in [0.15, 0.2) is 11.2 Å². The number of carbonyl (C=O) groups excluding carboxylic acids is 2. The highest BCUT2D eigenvalue weighted by molar-refractivity contribution is 6.09. The van der Waals surface area contributed by atoms with E-state index in [-0.39, 0.29) is 11.8 Å². The molecule has 2 fully saturated rings. The van der Waals surface area contributed by atoms with Crippen molar-refractivity contribution in [3.8, 4) is 0 Å². The van der Waals surface area contributed by atoms with Gasteiger partial charge < -0.3 is 4.74 Å². The minimum absolute atomic E-state index is 0.0486. The molecule has 2 aliphatic rings. The lowest BCUT2D eigenvalue weighted by atomic mass is 9.60. The monoisotopic (exact) mass is 168 g/mol. The largest absolute Gasteiger partial charge is 0.457 e. The molecule has 0 aromatic heterocycles. The van der Waals surface area contributed by atoms with Crippen LogP contribution in [-0.4, -0.2) is 17.4 Å². The van der Waals surface area contributed by atoms with Crippen LogP contribution in [0, 0.1) is 5.41 Å². The molecule has 3 nitrogen and oxygen atoms in total. The van der Waals surface area contributed by atoms with E-state index in [9.17, 15) is 9.59 Å². The molecular weight excluding hydrogens is 156 g/mol. The molecule has 0 unspecified atom stereocenters. The summed E-state index contributed by atoms with van der Waals surface area (Å²) in [5.74, 6) is -0.290. The van der Waals surface area contributed by atoms with Crippen molar-refractivity contribution in [1.29, 1.82) is 0 Å². The standard InChI is InChI=1S/C9H12O3/c1-8-5-3-4-6(10)9(8,2)7(11)12-8/h3-5H2,1-2H3/t8-,9-/m1/s1. The minimum atomic E-state index is -0.828. The van der Waals surface area contributed by atoms with Crippen LogP contribution in [0.5, 0.6) is 0 Å². The van der Waals surface area contributed by atoms with Crippen molar-refractivity contribution in [3.05, 3.63) is 0 Å². The second kappa shape index (κ2) is 1.90. The molecule has 1 saturated carbocycles. The Balaban J connectivity index is 2.40. The number of carbonyl (C=O) groups is 2. The van der Waals surface area contributed by atoms with E-state index in [1.165, 1.54) is 0 Å². The molecule has 3 heteroatoms. The second-order valence-electron chi connectivity index (χ2n) is 4.02. The molecule has 1 aliphatic heterocycles. The van der Waals surface area contributed by atoms with Gasteiger partial charge in [0.05, 0.1) is 0 Å². The van der Waals surface area contributed by atoms with Crippen molar-refractivity contribution in [2.24, 2.45) is 5.41 Å². The summed E-state index contributed by atoms with van der Waals surface area (Å²) in [6.45, 7) is 3.56. The summed E-state index contributed by atoms with van der Waals surface area (Å²) < 4.78 is 5.04. The smallest absolute Gasteiger partial charge is 0.324 e. The molecule has 12 heavy (non-hydrogen) atoms. The maximum Gasteiger partial charge on any atom is 0.324 e. The third-order valence-corrected chi connectivity index (χ3v) is 3.40. The molecule has 0 bridgehead atoms. The molecule has 1 heterocycles. The third kappa shape index (κ3) is 0.586. The topological polar surface area (TPSA) is 43.4 Å². The summed E-state index contributed by atoms with van der Waals surface area (Å²) in [7, 11) is 0. The first kappa shape index (κ1) is 7.77. The van der Waals surface area contributed by atoms with Gasteiger partial charge >= 0.3 is 5.97 Å². The summed E-state index contributed by atoms with van der Waals surface area (Å²) >= 11 is 0. The van der Waals surface area contributed by atoms with E-state index in [1.807, 2.05) is 6.92 Å². The van der Waals surface area contributed by atoms with E-state index < -0.39 is 11.0 Å². The second-order valence-corrected chi connectivity index (χ2v) is 4.02. The Bertz CT molecular complexity index is 271. The van der Waals surface area contributed by atoms with Gasteiger partial charge in [0.1, 0.15) is 5.60 Å². The van der Waals surface area contributed by atoms with Gasteiger partial charge in [-0.05, 0) is 26.7 Å². The molecule has 2 atom stereocenters. The molecule has 0 N–H and O–H groups in total. The van der Waals surface area contributed by atoms with Crippen molar-refractivity contribution in [2.45, 2.75) is 38.7 Å². The lowest BCUT2D eigenvalue weighted by Crippen LogP contribution is -2.68. The van der Waals surface area contributed by atoms with Gasteiger partial charge in [0, 0.05) is 6.42 Å². The summed E-state index contributed by atoms with van der Waals surface area (Å²) in [6, 6.07) is 0. The van der Waals surface area contributed by atoms with E-state index in [0.717, 1.165) is 12.8 Å². The van der Waals surface area contributed by atoms with E-state index in [4.69, 9.17) is 4.74 Å². The van der Waals surface area contributed by atoms with Crippen LogP contribution < -0.4 is 0 Å². The summed E-state index contributed by atoms with van der Waals surface area (Å²) in [5, 5.41) is 0. The maximum atomic E-state index is 11.5. The van der Waals surface area contributed by atoms with Crippen molar-refractivity contribution in [2.75, 3.05) is 0 Å². The molecule has 0 spiro atoms. The van der Waals surface area contributed by atoms with Gasteiger partial charge in [-0.15, -0.1) is 0 Å². The fourth-order valence-corrected chi connectivity index (χ4v) is 2.12. The number of hydrogen-bond donors (Lipinski definition) is 0. The summed E-state index contributed by atoms with van der Waals surface area (Å²) in [4.78, 5) is 22.7. The van der Waals surface area contributed by atoms with Gasteiger partial charge in [0.25, 0.3) is 0 Å². The molecular formula is C9H12O3. The van der Waals surface area contributed by atoms with Gasteiger partial charge in [-0.2, -0.15) is 0 Å². The molecule has 0 aromatic rings. The first-order valence-electron chi connectivity index (χ1n) is 4.27. The quantitative estimate of drug-likeness (QED) is 0.401. The maximum absolute atomic E-state index is 11.5. The van der Waals surface area contributed by atoms with Gasteiger partial charge in [-0.3, -0.25) is 9.59 Å². The zero-order valence-electron chi connectivity index (χ0n) is 7.35. The molecule has 1 saturated heterocycles. The molecule has 66 valence electrons. The Morgan fingerprint density at radius 1 is 1.33 bits per heavy atom. The zero-order chi connectivity index (χ0) is 8.98. The predicted molar refractivity (Wildman–Crippen MR) is 41.5 cm³/mol. The van der Waals surface area contributed by atoms with Crippen LogP contribution in [-0.2, 0) is 14.3 Å². The number of fused-ring (bicyclic) bond motifs is 1. The Morgan fingerprint density at radius 2 is 2.00 bits per heavy atom. The van der Waals surface area contributed by atoms with E-state index in [1.54, 1.807) is 6.92 Å². The van der Waals surface area contributed by atoms with Crippen LogP contribution in [0.15, 0.2) is 0 Å². The van der Waals surface area contributed by atoms with E-state index in [0.29, 0.717) is 6.42 Å². The van der Waals surface area contributed by atoms with Gasteiger partial charge in [-0.25, -0.2) is 0 Å². The Morgan fingerprint density at radius 3 is 2.42 bits per heavy atom. The van der Waals surface area contributed by atoms with Crippen molar-refractivity contribution < 1.29 is 14.3 Å². The van der Waals surface area contributed by atoms with E-state index >= 15 is 0 Å². The highest BCUT2D eigenvalue weighted by Gasteiger charge is 2.68. The Hall–Kier alpha value is -0.860. The zero-order valence-corrected chi connectivity index (χ0v) is 7.35. The van der Waals surface area contributed by atoms with Crippen LogP contribution in [0.3, 0.4) is 0 Å². The molecule has 1 aliphatic carbocycles. The number of rotatable bonds is 0. The fraction of sp³-hybridized carbons (Fsp3) is 0.778. The lowest BCUT2D eigenvalue weighted by Gasteiger charge is -2.54. The normalized spacial score (nSPS) is 46.2. The Kier molecular flexibility index (Phi) is 1.23. The van der Waals surface area contributed by atoms with Crippen LogP contribution in [0.1, 0.15) is 33.1 Å². The van der Waals surface area contributed by atoms with Crippen molar-refractivity contribution >= 4 is 11.8 Å². The van der Waals surface area contributed by atoms with E-state index in [2.05, 4.69) is 0 Å². The number of ether oxygens (including phenoxy) is 1. The first-order valence-corrected chi connectivity index (χ1v) is 4.27. The lowest BCUT2D eigenvalue weighted by molar-refractivity contribution is -0.237. The van der Waals surface area contributed by atoms with Crippen molar-refractivity contribution in [1.82, 2.24) is 0 Å². The highest BCUT2D eigenvalue weighted by Crippen LogP contribution is 2.52. The van der Waals surface area contributed by atoms with Crippen LogP contribution in [0.25, 0.3) is 0 Å². The number of esters is 1. The van der Waals surface area contributed by atoms with Gasteiger partial charge in [-0.1, -0.05) is 0 Å². The predicted octanol–water partition coefficient (Wildman–Crippen LogP) is 1.06. The average molecular weight is 168 g/mol. The summed E-state index contributed by atoms with van der Waals surface area (Å²) in [5.41, 5.74) is -1.33. The fourth-order valence-electron chi connectivity index (χ4n) is 2.12. The molecule has 2 rings (SSSR count). The van der Waals surface area contributed by atoms with Crippen LogP contribution in [0.2, 0.25) is 0 Å². The first-order chi connectivity index (χ1) is 5.51. The number of hydrogen-bond acceptors (Lipinski definition) is 3. The molecule has 0 aromatic carbocycles. The van der Waals surface area contributed by atoms with Crippen molar-refractivity contribution in [3.63, 3.8) is 0 Å². The molecule has 0 amide bonds. The van der Waals surface area contributed by atoms with Crippen LogP contribution >= 0.6 is 0 Å². The third-order valence-electron chi connectivity index (χ3n) is 3.40. The van der Waals surface area contributed by atoms with Crippen LogP contribution in [0.4, 0.5) is 0 Å². The Labute approximate surface area is 71.1 Å². The SMILES string of the molecule is C[C@]12C(=O)CCC[C@@]1(C)OC2=O. The summed E-state index contributed by atoms with van der Waals surface area (Å²) in [6.07, 6.45) is 2.19. The highest BCUT2D eigenvalue weighted by atomic mass is 16.6. The number of Topliss-reactive ketones (excluding diaryl/α,β-unsaturated/α-hetero) is 1. The number of ketones is 1. The molecule has 0 radical (unpaired) electrons. The minimum Gasteiger partial charge on any atom is -0.457 e. The average Bonchev–Trinajstić information content (AvgIpc) is 2.00. The van der Waals surface area contributed by atoms with Gasteiger partial charge in [0.2, 0.25) is 0 Å².